The fraction of sp³-hybridized carbons (Fsp3) is 0.0588. The fourth-order valence-corrected chi connectivity index (χ4v) is 1.85. The van der Waals surface area contributed by atoms with E-state index in [0.717, 1.165) is 11.1 Å². The number of carboxylic acids is 1. The van der Waals surface area contributed by atoms with Crippen LogP contribution in [0.2, 0.25) is 0 Å². The molecule has 0 aliphatic carbocycles. The third-order valence-electron chi connectivity index (χ3n) is 3.00. The first kappa shape index (κ1) is 13.7. The molecule has 0 amide bonds. The summed E-state index contributed by atoms with van der Waals surface area (Å²) < 4.78 is 0. The highest BCUT2D eigenvalue weighted by atomic mass is 16.4. The molecule has 2 aromatic rings. The SMILES string of the molecule is Cc1ccccc1C(=O)C=Cc1ccc(C(=O)O)cc1. The molecule has 100 valence electrons. The molecule has 3 nitrogen and oxygen atoms in total. The summed E-state index contributed by atoms with van der Waals surface area (Å²) >= 11 is 0. The number of ketones is 1. The molecular weight excluding hydrogens is 252 g/mol. The van der Waals surface area contributed by atoms with Crippen molar-refractivity contribution < 1.29 is 14.7 Å². The van der Waals surface area contributed by atoms with Gasteiger partial charge >= 0.3 is 5.97 Å². The molecule has 0 fully saturated rings. The Kier molecular flexibility index (Phi) is 4.11. The molecule has 0 aliphatic rings. The number of benzene rings is 2. The smallest absolute Gasteiger partial charge is 0.335 e. The first-order valence-corrected chi connectivity index (χ1v) is 6.19. The van der Waals surface area contributed by atoms with E-state index in [2.05, 4.69) is 0 Å². The van der Waals surface area contributed by atoms with E-state index < -0.39 is 5.97 Å². The Morgan fingerprint density at radius 3 is 2.25 bits per heavy atom. The van der Waals surface area contributed by atoms with Crippen LogP contribution in [0.4, 0.5) is 0 Å². The summed E-state index contributed by atoms with van der Waals surface area (Å²) in [5.74, 6) is -1.03. The van der Waals surface area contributed by atoms with E-state index in [1.807, 2.05) is 25.1 Å². The number of carboxylic acid groups (broad SMARTS) is 1. The van der Waals surface area contributed by atoms with Crippen molar-refractivity contribution in [1.82, 2.24) is 0 Å². The topological polar surface area (TPSA) is 54.4 Å². The van der Waals surface area contributed by atoms with Crippen molar-refractivity contribution in [3.63, 3.8) is 0 Å². The number of hydrogen-bond acceptors (Lipinski definition) is 2. The van der Waals surface area contributed by atoms with E-state index in [-0.39, 0.29) is 11.3 Å². The lowest BCUT2D eigenvalue weighted by atomic mass is 10.0. The Morgan fingerprint density at radius 1 is 1.00 bits per heavy atom. The summed E-state index contributed by atoms with van der Waals surface area (Å²) in [7, 11) is 0. The van der Waals surface area contributed by atoms with Crippen molar-refractivity contribution in [2.24, 2.45) is 0 Å². The van der Waals surface area contributed by atoms with E-state index in [9.17, 15) is 9.59 Å². The molecule has 0 radical (unpaired) electrons. The molecule has 0 aromatic heterocycles. The molecule has 0 atom stereocenters. The first-order valence-electron chi connectivity index (χ1n) is 6.19. The van der Waals surface area contributed by atoms with Gasteiger partial charge in [-0.1, -0.05) is 42.5 Å². The quantitative estimate of drug-likeness (QED) is 0.679. The molecule has 3 heteroatoms. The number of carbonyl (C=O) groups is 2. The van der Waals surface area contributed by atoms with Crippen LogP contribution in [0.15, 0.2) is 54.6 Å². The lowest BCUT2D eigenvalue weighted by Crippen LogP contribution is -1.97. The molecule has 2 aromatic carbocycles. The Morgan fingerprint density at radius 2 is 1.65 bits per heavy atom. The number of allylic oxidation sites excluding steroid dienone is 1. The zero-order valence-corrected chi connectivity index (χ0v) is 11.0. The van der Waals surface area contributed by atoms with Gasteiger partial charge in [-0.3, -0.25) is 4.79 Å². The molecule has 0 saturated heterocycles. The predicted molar refractivity (Wildman–Crippen MR) is 77.9 cm³/mol. The van der Waals surface area contributed by atoms with Gasteiger partial charge in [0, 0.05) is 5.56 Å². The van der Waals surface area contributed by atoms with Crippen LogP contribution in [-0.2, 0) is 0 Å². The zero-order valence-electron chi connectivity index (χ0n) is 11.0. The van der Waals surface area contributed by atoms with Gasteiger partial charge in [-0.25, -0.2) is 4.79 Å². The van der Waals surface area contributed by atoms with Crippen LogP contribution < -0.4 is 0 Å². The normalized spacial score (nSPS) is 10.7. The average molecular weight is 266 g/mol. The molecule has 0 heterocycles. The lowest BCUT2D eigenvalue weighted by molar-refractivity contribution is 0.0696. The molecular formula is C17H14O3. The van der Waals surface area contributed by atoms with Gasteiger partial charge in [0.15, 0.2) is 5.78 Å². The van der Waals surface area contributed by atoms with Crippen LogP contribution in [-0.4, -0.2) is 16.9 Å². The number of rotatable bonds is 4. The van der Waals surface area contributed by atoms with Gasteiger partial charge in [0.25, 0.3) is 0 Å². The Bertz CT molecular complexity index is 667. The standard InChI is InChI=1S/C17H14O3/c1-12-4-2-3-5-15(12)16(18)11-8-13-6-9-14(10-7-13)17(19)20/h2-11H,1H3,(H,19,20). The molecule has 0 aliphatic heterocycles. The lowest BCUT2D eigenvalue weighted by Gasteiger charge is -2.00. The highest BCUT2D eigenvalue weighted by molar-refractivity contribution is 6.07. The second-order valence-electron chi connectivity index (χ2n) is 4.44. The number of hydrogen-bond donors (Lipinski definition) is 1. The van der Waals surface area contributed by atoms with Gasteiger partial charge in [0.2, 0.25) is 0 Å². The van der Waals surface area contributed by atoms with Crippen molar-refractivity contribution in [3.05, 3.63) is 76.9 Å². The Balaban J connectivity index is 2.15. The van der Waals surface area contributed by atoms with Crippen LogP contribution in [0.1, 0.15) is 31.8 Å². The van der Waals surface area contributed by atoms with Crippen LogP contribution in [0.25, 0.3) is 6.08 Å². The average Bonchev–Trinajstić information content (AvgIpc) is 2.45. The van der Waals surface area contributed by atoms with Crippen molar-refractivity contribution in [3.8, 4) is 0 Å². The predicted octanol–water partition coefficient (Wildman–Crippen LogP) is 3.59. The summed E-state index contributed by atoms with van der Waals surface area (Å²) in [6.07, 6.45) is 3.18. The van der Waals surface area contributed by atoms with Crippen molar-refractivity contribution >= 4 is 17.8 Å². The van der Waals surface area contributed by atoms with E-state index in [1.165, 1.54) is 18.2 Å². The number of aryl methyl sites for hydroxylation is 1. The molecule has 20 heavy (non-hydrogen) atoms. The second-order valence-corrected chi connectivity index (χ2v) is 4.44. The Hall–Kier alpha value is -2.68. The number of carbonyl (C=O) groups excluding carboxylic acids is 1. The summed E-state index contributed by atoms with van der Waals surface area (Å²) in [4.78, 5) is 22.8. The molecule has 1 N–H and O–H groups in total. The van der Waals surface area contributed by atoms with Gasteiger partial charge in [0.05, 0.1) is 5.56 Å². The second kappa shape index (κ2) is 5.97. The zero-order chi connectivity index (χ0) is 14.5. The molecule has 0 saturated carbocycles. The molecule has 0 unspecified atom stereocenters. The van der Waals surface area contributed by atoms with E-state index in [4.69, 9.17) is 5.11 Å². The minimum atomic E-state index is -0.962. The summed E-state index contributed by atoms with van der Waals surface area (Å²) in [6, 6.07) is 13.8. The highest BCUT2D eigenvalue weighted by Gasteiger charge is 2.04. The molecule has 0 bridgehead atoms. The van der Waals surface area contributed by atoms with Crippen LogP contribution >= 0.6 is 0 Å². The monoisotopic (exact) mass is 266 g/mol. The third-order valence-corrected chi connectivity index (χ3v) is 3.00. The van der Waals surface area contributed by atoms with Crippen LogP contribution in [0.5, 0.6) is 0 Å². The largest absolute Gasteiger partial charge is 0.478 e. The van der Waals surface area contributed by atoms with Crippen molar-refractivity contribution in [2.75, 3.05) is 0 Å². The van der Waals surface area contributed by atoms with Crippen LogP contribution in [0.3, 0.4) is 0 Å². The van der Waals surface area contributed by atoms with Gasteiger partial charge in [0.1, 0.15) is 0 Å². The minimum absolute atomic E-state index is 0.0644. The van der Waals surface area contributed by atoms with Gasteiger partial charge in [-0.05, 0) is 36.3 Å². The van der Waals surface area contributed by atoms with Gasteiger partial charge in [-0.2, -0.15) is 0 Å². The molecule has 0 spiro atoms. The fourth-order valence-electron chi connectivity index (χ4n) is 1.85. The van der Waals surface area contributed by atoms with E-state index in [0.29, 0.717) is 5.56 Å². The summed E-state index contributed by atoms with van der Waals surface area (Å²) in [6.45, 7) is 1.89. The molecule has 2 rings (SSSR count). The Labute approximate surface area is 117 Å². The number of aromatic carboxylic acids is 1. The maximum absolute atomic E-state index is 12.0. The highest BCUT2D eigenvalue weighted by Crippen LogP contribution is 2.11. The third kappa shape index (κ3) is 3.20. The van der Waals surface area contributed by atoms with Gasteiger partial charge < -0.3 is 5.11 Å². The first-order chi connectivity index (χ1) is 9.58. The minimum Gasteiger partial charge on any atom is -0.478 e. The maximum Gasteiger partial charge on any atom is 0.335 e. The van der Waals surface area contributed by atoms with Crippen molar-refractivity contribution in [2.45, 2.75) is 6.92 Å². The summed E-state index contributed by atoms with van der Waals surface area (Å²) in [5.41, 5.74) is 2.62. The van der Waals surface area contributed by atoms with E-state index >= 15 is 0 Å². The van der Waals surface area contributed by atoms with E-state index in [1.54, 1.807) is 24.3 Å². The summed E-state index contributed by atoms with van der Waals surface area (Å²) in [5, 5.41) is 8.80. The maximum atomic E-state index is 12.0. The van der Waals surface area contributed by atoms with Gasteiger partial charge in [-0.15, -0.1) is 0 Å². The van der Waals surface area contributed by atoms with Crippen molar-refractivity contribution in [1.29, 1.82) is 0 Å². The van der Waals surface area contributed by atoms with Crippen LogP contribution in [0, 0.1) is 6.92 Å².